The van der Waals surface area contributed by atoms with Crippen LogP contribution in [0.2, 0.25) is 0 Å². The van der Waals surface area contributed by atoms with Crippen molar-refractivity contribution in [1.82, 2.24) is 26.3 Å². The fraction of sp³-hybridized carbons (Fsp3) is 0.353. The fourth-order valence-corrected chi connectivity index (χ4v) is 5.78. The summed E-state index contributed by atoms with van der Waals surface area (Å²) in [6.07, 6.45) is 3.93. The summed E-state index contributed by atoms with van der Waals surface area (Å²) in [6, 6.07) is 23.0. The van der Waals surface area contributed by atoms with E-state index in [1.165, 1.54) is 26.9 Å². The van der Waals surface area contributed by atoms with Gasteiger partial charge in [-0.3, -0.25) is 9.78 Å². The molecule has 212 valence electrons. The molecule has 1 aliphatic heterocycles. The molecule has 2 bridgehead atoms. The number of nitrogens with one attached hydrogen (secondary N) is 4. The lowest BCUT2D eigenvalue weighted by Gasteiger charge is -2.14. The van der Waals surface area contributed by atoms with Gasteiger partial charge in [0.15, 0.2) is 0 Å². The van der Waals surface area contributed by atoms with Crippen LogP contribution < -0.4 is 26.0 Å². The summed E-state index contributed by atoms with van der Waals surface area (Å²) in [7, 11) is 0. The highest BCUT2D eigenvalue weighted by Gasteiger charge is 2.14. The molecule has 0 fully saturated rings. The first-order valence-corrected chi connectivity index (χ1v) is 15.0. The van der Waals surface area contributed by atoms with Gasteiger partial charge in [0.2, 0.25) is 0 Å². The quantitative estimate of drug-likeness (QED) is 0.159. The number of carbonyl (C=O) groups excluding carboxylic acids is 1. The number of rotatable bonds is 8. The molecule has 0 unspecified atom stereocenters. The SMILES string of the molecule is O=C(NCCCCCOc1cc2nc(c1)CNCCNCCCNC2)c1ccc2ccc3cccc4ccc1c2c34. The Kier molecular flexibility index (Phi) is 8.86. The van der Waals surface area contributed by atoms with E-state index in [0.29, 0.717) is 13.2 Å². The molecule has 0 spiro atoms. The van der Waals surface area contributed by atoms with Crippen molar-refractivity contribution in [3.63, 3.8) is 0 Å². The van der Waals surface area contributed by atoms with E-state index in [-0.39, 0.29) is 5.91 Å². The summed E-state index contributed by atoms with van der Waals surface area (Å²) >= 11 is 0. The van der Waals surface area contributed by atoms with E-state index in [1.807, 2.05) is 18.2 Å². The molecule has 0 atom stereocenters. The highest BCUT2D eigenvalue weighted by Crippen LogP contribution is 2.35. The Labute approximate surface area is 241 Å². The lowest BCUT2D eigenvalue weighted by molar-refractivity contribution is 0.0954. The molecule has 6 rings (SSSR count). The molecule has 4 N–H and O–H groups in total. The van der Waals surface area contributed by atoms with Crippen LogP contribution in [0.1, 0.15) is 47.4 Å². The highest BCUT2D eigenvalue weighted by atomic mass is 16.5. The van der Waals surface area contributed by atoms with Crippen molar-refractivity contribution < 1.29 is 9.53 Å². The van der Waals surface area contributed by atoms with Gasteiger partial charge in [-0.25, -0.2) is 0 Å². The average molecular weight is 550 g/mol. The zero-order valence-electron chi connectivity index (χ0n) is 23.6. The molecule has 7 heteroatoms. The van der Waals surface area contributed by atoms with E-state index in [4.69, 9.17) is 9.72 Å². The van der Waals surface area contributed by atoms with Crippen LogP contribution in [-0.2, 0) is 13.1 Å². The van der Waals surface area contributed by atoms with Gasteiger partial charge < -0.3 is 26.0 Å². The van der Waals surface area contributed by atoms with Gasteiger partial charge in [-0.05, 0) is 77.2 Å². The molecule has 5 aromatic rings. The first-order chi connectivity index (χ1) is 20.3. The fourth-order valence-electron chi connectivity index (χ4n) is 5.78. The van der Waals surface area contributed by atoms with E-state index >= 15 is 0 Å². The van der Waals surface area contributed by atoms with Gasteiger partial charge in [0, 0.05) is 50.4 Å². The number of aromatic nitrogens is 1. The maximum atomic E-state index is 13.2. The number of carbonyl (C=O) groups is 1. The molecule has 1 aromatic heterocycles. The second-order valence-electron chi connectivity index (χ2n) is 10.9. The second-order valence-corrected chi connectivity index (χ2v) is 10.9. The number of benzene rings is 4. The van der Waals surface area contributed by atoms with Crippen molar-refractivity contribution >= 4 is 38.2 Å². The number of pyridine rings is 1. The molecule has 2 heterocycles. The van der Waals surface area contributed by atoms with E-state index in [1.54, 1.807) is 0 Å². The molecule has 0 saturated carbocycles. The number of nitrogens with zero attached hydrogens (tertiary/aromatic N) is 1. The third kappa shape index (κ3) is 6.59. The maximum absolute atomic E-state index is 13.2. The Balaban J connectivity index is 0.992. The Morgan fingerprint density at radius 3 is 2.27 bits per heavy atom. The van der Waals surface area contributed by atoms with Gasteiger partial charge in [-0.1, -0.05) is 48.5 Å². The van der Waals surface area contributed by atoms with Crippen LogP contribution in [-0.4, -0.2) is 50.2 Å². The standard InChI is InChI=1S/C34H39N5O2/c40-34(31-13-11-26-9-8-24-6-4-7-25-10-12-30(31)33(26)32(24)25)38-16-2-1-3-19-41-29-20-27-22-36-15-5-14-35-17-18-37-23-28(21-29)39-27/h4,6-13,20-21,35-37H,1-3,5,14-19,22-23H2,(H,38,40). The normalized spacial score (nSPS) is 14.9. The number of amides is 1. The summed E-state index contributed by atoms with van der Waals surface area (Å²) in [5, 5.41) is 20.6. The Morgan fingerprint density at radius 1 is 0.756 bits per heavy atom. The topological polar surface area (TPSA) is 87.3 Å². The first-order valence-electron chi connectivity index (χ1n) is 15.0. The number of ether oxygens (including phenoxy) is 1. The van der Waals surface area contributed by atoms with Crippen molar-refractivity contribution in [2.75, 3.05) is 39.3 Å². The van der Waals surface area contributed by atoms with Crippen LogP contribution in [0.15, 0.2) is 66.7 Å². The van der Waals surface area contributed by atoms with E-state index < -0.39 is 0 Å². The third-order valence-electron chi connectivity index (χ3n) is 7.85. The van der Waals surface area contributed by atoms with E-state index in [0.717, 1.165) is 93.0 Å². The number of unbranched alkanes of at least 4 members (excludes halogenated alkanes) is 2. The minimum atomic E-state index is -0.00982. The summed E-state index contributed by atoms with van der Waals surface area (Å²) in [5.74, 6) is 0.869. The molecule has 0 radical (unpaired) electrons. The minimum Gasteiger partial charge on any atom is -0.493 e. The van der Waals surface area contributed by atoms with Crippen molar-refractivity contribution in [3.8, 4) is 5.75 Å². The molecular formula is C34H39N5O2. The van der Waals surface area contributed by atoms with Gasteiger partial charge in [0.1, 0.15) is 5.75 Å². The van der Waals surface area contributed by atoms with Crippen LogP contribution >= 0.6 is 0 Å². The number of hydrogen-bond acceptors (Lipinski definition) is 6. The van der Waals surface area contributed by atoms with Crippen LogP contribution in [0.4, 0.5) is 0 Å². The van der Waals surface area contributed by atoms with Crippen LogP contribution in [0.5, 0.6) is 5.75 Å². The van der Waals surface area contributed by atoms with Crippen molar-refractivity contribution in [3.05, 3.63) is 83.7 Å². The summed E-state index contributed by atoms with van der Waals surface area (Å²) in [6.45, 7) is 6.65. The van der Waals surface area contributed by atoms with Crippen LogP contribution in [0, 0.1) is 0 Å². The molecule has 1 aliphatic rings. The van der Waals surface area contributed by atoms with Crippen molar-refractivity contribution in [2.45, 2.75) is 38.8 Å². The zero-order valence-corrected chi connectivity index (χ0v) is 23.6. The smallest absolute Gasteiger partial charge is 0.251 e. The predicted molar refractivity (Wildman–Crippen MR) is 167 cm³/mol. The van der Waals surface area contributed by atoms with E-state index in [9.17, 15) is 4.79 Å². The second kappa shape index (κ2) is 13.3. The summed E-state index contributed by atoms with van der Waals surface area (Å²) in [4.78, 5) is 18.0. The predicted octanol–water partition coefficient (Wildman–Crippen LogP) is 5.13. The molecule has 41 heavy (non-hydrogen) atoms. The molecule has 1 amide bonds. The maximum Gasteiger partial charge on any atom is 0.251 e. The van der Waals surface area contributed by atoms with Crippen LogP contribution in [0.3, 0.4) is 0 Å². The first kappa shape index (κ1) is 27.4. The lowest BCUT2D eigenvalue weighted by Crippen LogP contribution is -2.28. The minimum absolute atomic E-state index is 0.00982. The van der Waals surface area contributed by atoms with E-state index in [2.05, 4.69) is 69.8 Å². The monoisotopic (exact) mass is 549 g/mol. The van der Waals surface area contributed by atoms with Crippen molar-refractivity contribution in [2.24, 2.45) is 0 Å². The Hall–Kier alpha value is -3.78. The number of hydrogen-bond donors (Lipinski definition) is 4. The molecule has 7 nitrogen and oxygen atoms in total. The van der Waals surface area contributed by atoms with Gasteiger partial charge in [-0.15, -0.1) is 0 Å². The largest absolute Gasteiger partial charge is 0.493 e. The highest BCUT2D eigenvalue weighted by molar-refractivity contribution is 6.26. The van der Waals surface area contributed by atoms with Crippen LogP contribution in [0.25, 0.3) is 32.3 Å². The molecular weight excluding hydrogens is 510 g/mol. The van der Waals surface area contributed by atoms with Gasteiger partial charge in [0.25, 0.3) is 5.91 Å². The Morgan fingerprint density at radius 2 is 1.44 bits per heavy atom. The molecule has 0 aliphatic carbocycles. The zero-order chi connectivity index (χ0) is 27.9. The lowest BCUT2D eigenvalue weighted by atomic mass is 9.92. The molecule has 4 aromatic carbocycles. The van der Waals surface area contributed by atoms with Crippen molar-refractivity contribution in [1.29, 1.82) is 0 Å². The summed E-state index contributed by atoms with van der Waals surface area (Å²) in [5.41, 5.74) is 2.76. The van der Waals surface area contributed by atoms with Gasteiger partial charge >= 0.3 is 0 Å². The third-order valence-corrected chi connectivity index (χ3v) is 7.85. The summed E-state index contributed by atoms with van der Waals surface area (Å²) < 4.78 is 6.12. The Bertz CT molecular complexity index is 1570. The van der Waals surface area contributed by atoms with Gasteiger partial charge in [-0.2, -0.15) is 0 Å². The number of fused-ring (bicyclic) bond motifs is 2. The molecule has 0 saturated heterocycles. The van der Waals surface area contributed by atoms with Gasteiger partial charge in [0.05, 0.1) is 18.0 Å². The average Bonchev–Trinajstić information content (AvgIpc) is 3.01.